The molecule has 0 fully saturated rings. The van der Waals surface area contributed by atoms with Crippen molar-refractivity contribution >= 4 is 16.7 Å². The van der Waals surface area contributed by atoms with E-state index in [2.05, 4.69) is 6.92 Å². The number of nitrogens with two attached hydrogens (primary N) is 1. The molecule has 0 saturated carbocycles. The molecule has 1 amide bonds. The third-order valence-corrected chi connectivity index (χ3v) is 6.84. The molecular weight excluding hydrogens is 330 g/mol. The third-order valence-electron chi connectivity index (χ3n) is 4.88. The summed E-state index contributed by atoms with van der Waals surface area (Å²) in [4.78, 5) is 11.4. The Kier molecular flexibility index (Phi) is 16.8. The molecule has 0 aliphatic rings. The molecule has 150 valence electrons. The fourth-order valence-electron chi connectivity index (χ4n) is 3.23. The molecule has 3 nitrogen and oxygen atoms in total. The van der Waals surface area contributed by atoms with Crippen LogP contribution in [0.15, 0.2) is 0 Å². The molecule has 0 rings (SSSR count). The van der Waals surface area contributed by atoms with E-state index in [1.165, 1.54) is 77.0 Å². The van der Waals surface area contributed by atoms with E-state index >= 15 is 0 Å². The SMILES string of the molecule is CCCCCCCCCCCCCCCCC(C(N)=O)S(=O)C(C)C. The molecule has 4 heteroatoms. The van der Waals surface area contributed by atoms with Crippen LogP contribution in [0.25, 0.3) is 0 Å². The monoisotopic (exact) mass is 373 g/mol. The van der Waals surface area contributed by atoms with Crippen molar-refractivity contribution in [3.05, 3.63) is 0 Å². The van der Waals surface area contributed by atoms with Gasteiger partial charge in [-0.1, -0.05) is 111 Å². The topological polar surface area (TPSA) is 60.2 Å². The summed E-state index contributed by atoms with van der Waals surface area (Å²) >= 11 is 0. The zero-order valence-corrected chi connectivity index (χ0v) is 17.9. The normalized spacial score (nSPS) is 13.9. The summed E-state index contributed by atoms with van der Waals surface area (Å²) in [7, 11) is -1.13. The molecule has 0 aromatic heterocycles. The Balaban J connectivity index is 3.43. The van der Waals surface area contributed by atoms with Crippen LogP contribution >= 0.6 is 0 Å². The molecule has 2 unspecified atom stereocenters. The summed E-state index contributed by atoms with van der Waals surface area (Å²) in [5.41, 5.74) is 5.40. The first-order valence-corrected chi connectivity index (χ1v) is 12.0. The molecule has 0 aromatic rings. The van der Waals surface area contributed by atoms with Crippen molar-refractivity contribution in [3.63, 3.8) is 0 Å². The molecule has 25 heavy (non-hydrogen) atoms. The van der Waals surface area contributed by atoms with E-state index in [1.807, 2.05) is 13.8 Å². The van der Waals surface area contributed by atoms with E-state index < -0.39 is 22.0 Å². The minimum absolute atomic E-state index is 0.00384. The van der Waals surface area contributed by atoms with Crippen molar-refractivity contribution < 1.29 is 9.00 Å². The summed E-state index contributed by atoms with van der Waals surface area (Å²) in [5, 5.41) is -0.457. The van der Waals surface area contributed by atoms with Crippen molar-refractivity contribution in [2.24, 2.45) is 5.73 Å². The van der Waals surface area contributed by atoms with Gasteiger partial charge in [0.05, 0.1) is 0 Å². The van der Waals surface area contributed by atoms with Crippen LogP contribution < -0.4 is 5.73 Å². The third kappa shape index (κ3) is 14.5. The molecule has 0 aromatic carbocycles. The zero-order valence-electron chi connectivity index (χ0n) is 17.1. The zero-order chi connectivity index (χ0) is 18.9. The van der Waals surface area contributed by atoms with E-state index in [0.717, 1.165) is 12.8 Å². The highest BCUT2D eigenvalue weighted by atomic mass is 32.2. The second-order valence-corrected chi connectivity index (χ2v) is 9.82. The van der Waals surface area contributed by atoms with Crippen LogP contribution in [0.5, 0.6) is 0 Å². The van der Waals surface area contributed by atoms with Gasteiger partial charge >= 0.3 is 0 Å². The standard InChI is InChI=1S/C21H43NO2S/c1-4-5-6-7-8-9-10-11-12-13-14-15-16-17-18-20(21(22)23)25(24)19(2)3/h19-20H,4-18H2,1-3H3,(H2,22,23). The lowest BCUT2D eigenvalue weighted by Gasteiger charge is -2.15. The molecule has 0 aliphatic carbocycles. The lowest BCUT2D eigenvalue weighted by molar-refractivity contribution is -0.117. The fourth-order valence-corrected chi connectivity index (χ4v) is 4.51. The van der Waals surface area contributed by atoms with Gasteiger partial charge in [-0.05, 0) is 6.42 Å². The second kappa shape index (κ2) is 17.1. The number of hydrogen-bond acceptors (Lipinski definition) is 2. The van der Waals surface area contributed by atoms with Crippen molar-refractivity contribution in [1.82, 2.24) is 0 Å². The van der Waals surface area contributed by atoms with Gasteiger partial charge in [-0.3, -0.25) is 9.00 Å². The maximum Gasteiger partial charge on any atom is 0.233 e. The maximum absolute atomic E-state index is 12.1. The largest absolute Gasteiger partial charge is 0.369 e. The molecule has 2 N–H and O–H groups in total. The van der Waals surface area contributed by atoms with Gasteiger partial charge in [0, 0.05) is 16.0 Å². The van der Waals surface area contributed by atoms with Crippen molar-refractivity contribution in [2.45, 2.75) is 128 Å². The highest BCUT2D eigenvalue weighted by molar-refractivity contribution is 7.87. The summed E-state index contributed by atoms with van der Waals surface area (Å²) < 4.78 is 12.1. The highest BCUT2D eigenvalue weighted by Crippen LogP contribution is 2.16. The Hall–Kier alpha value is -0.380. The molecule has 0 spiro atoms. The predicted molar refractivity (Wildman–Crippen MR) is 111 cm³/mol. The van der Waals surface area contributed by atoms with Gasteiger partial charge in [0.25, 0.3) is 0 Å². The molecule has 0 aliphatic heterocycles. The quantitative estimate of drug-likeness (QED) is 0.305. The van der Waals surface area contributed by atoms with E-state index in [4.69, 9.17) is 5.73 Å². The Labute approximate surface area is 159 Å². The smallest absolute Gasteiger partial charge is 0.233 e. The van der Waals surface area contributed by atoms with E-state index in [1.54, 1.807) is 0 Å². The van der Waals surface area contributed by atoms with Gasteiger partial charge in [-0.2, -0.15) is 0 Å². The Morgan fingerprint density at radius 3 is 1.44 bits per heavy atom. The van der Waals surface area contributed by atoms with Gasteiger partial charge < -0.3 is 5.73 Å². The van der Waals surface area contributed by atoms with Gasteiger partial charge in [0.15, 0.2) is 0 Å². The molecule has 0 radical (unpaired) electrons. The van der Waals surface area contributed by atoms with Crippen LogP contribution in [0.2, 0.25) is 0 Å². The van der Waals surface area contributed by atoms with Crippen molar-refractivity contribution in [2.75, 3.05) is 0 Å². The first kappa shape index (κ1) is 24.6. The number of carbonyl (C=O) groups is 1. The van der Waals surface area contributed by atoms with E-state index in [0.29, 0.717) is 6.42 Å². The summed E-state index contributed by atoms with van der Waals surface area (Å²) in [6.07, 6.45) is 19.1. The average Bonchev–Trinajstić information content (AvgIpc) is 2.57. The second-order valence-electron chi connectivity index (χ2n) is 7.65. The van der Waals surface area contributed by atoms with E-state index in [-0.39, 0.29) is 5.25 Å². The minimum Gasteiger partial charge on any atom is -0.369 e. The molecule has 0 heterocycles. The first-order chi connectivity index (χ1) is 12.0. The van der Waals surface area contributed by atoms with Crippen LogP contribution in [-0.4, -0.2) is 20.6 Å². The average molecular weight is 374 g/mol. The number of amides is 1. The fraction of sp³-hybridized carbons (Fsp3) is 0.952. The van der Waals surface area contributed by atoms with Crippen LogP contribution in [0.4, 0.5) is 0 Å². The number of primary amides is 1. The molecule has 0 bridgehead atoms. The van der Waals surface area contributed by atoms with Gasteiger partial charge in [-0.15, -0.1) is 0 Å². The van der Waals surface area contributed by atoms with Crippen LogP contribution in [0.3, 0.4) is 0 Å². The lowest BCUT2D eigenvalue weighted by atomic mass is 10.0. The Morgan fingerprint density at radius 2 is 1.12 bits per heavy atom. The lowest BCUT2D eigenvalue weighted by Crippen LogP contribution is -2.35. The number of carbonyl (C=O) groups excluding carboxylic acids is 1. The predicted octanol–water partition coefficient (Wildman–Crippen LogP) is 5.87. The maximum atomic E-state index is 12.1. The van der Waals surface area contributed by atoms with Crippen molar-refractivity contribution in [1.29, 1.82) is 0 Å². The first-order valence-electron chi connectivity index (χ1n) is 10.7. The minimum atomic E-state index is -1.13. The Bertz CT molecular complexity index is 345. The van der Waals surface area contributed by atoms with Gasteiger partial charge in [0.2, 0.25) is 5.91 Å². The van der Waals surface area contributed by atoms with Crippen molar-refractivity contribution in [3.8, 4) is 0 Å². The van der Waals surface area contributed by atoms with Crippen LogP contribution in [0.1, 0.15) is 117 Å². The Morgan fingerprint density at radius 1 is 0.760 bits per heavy atom. The molecule has 2 atom stereocenters. The van der Waals surface area contributed by atoms with Crippen LogP contribution in [0, 0.1) is 0 Å². The van der Waals surface area contributed by atoms with Crippen LogP contribution in [-0.2, 0) is 15.6 Å². The summed E-state index contributed by atoms with van der Waals surface area (Å²) in [6, 6.07) is 0. The number of unbranched alkanes of at least 4 members (excludes halogenated alkanes) is 13. The van der Waals surface area contributed by atoms with E-state index in [9.17, 15) is 9.00 Å². The molecular formula is C21H43NO2S. The van der Waals surface area contributed by atoms with Gasteiger partial charge in [-0.25, -0.2) is 0 Å². The van der Waals surface area contributed by atoms with Gasteiger partial charge in [0.1, 0.15) is 5.25 Å². The number of rotatable bonds is 18. The summed E-state index contributed by atoms with van der Waals surface area (Å²) in [5.74, 6) is -0.401. The molecule has 0 saturated heterocycles. The highest BCUT2D eigenvalue weighted by Gasteiger charge is 2.24. The summed E-state index contributed by atoms with van der Waals surface area (Å²) in [6.45, 7) is 6.04. The number of hydrogen-bond donors (Lipinski definition) is 1.